The molecule has 14 heteroatoms. The van der Waals surface area contributed by atoms with Crippen molar-refractivity contribution in [2.24, 2.45) is 5.18 Å². The van der Waals surface area contributed by atoms with Crippen molar-refractivity contribution in [1.82, 2.24) is 19.5 Å². The number of nitrogen functional groups attached to an aromatic ring is 1. The molecule has 164 valence electrons. The molecule has 0 spiro atoms. The van der Waals surface area contributed by atoms with E-state index in [9.17, 15) is 28.3 Å². The van der Waals surface area contributed by atoms with Gasteiger partial charge >= 0.3 is 6.18 Å². The Kier molecular flexibility index (Phi) is 5.55. The summed E-state index contributed by atoms with van der Waals surface area (Å²) in [6.07, 6.45) is -6.62. The molecule has 3 aromatic rings. The molecule has 1 fully saturated rings. The Morgan fingerprint density at radius 3 is 2.71 bits per heavy atom. The summed E-state index contributed by atoms with van der Waals surface area (Å²) in [5, 5.41) is 23.5. The average molecular weight is 456 g/mol. The Labute approximate surface area is 176 Å². The zero-order chi connectivity index (χ0) is 22.3. The molecule has 4 N–H and O–H groups in total. The number of aliphatic hydroxyl groups excluding tert-OH is 2. The maximum Gasteiger partial charge on any atom is 0.416 e. The van der Waals surface area contributed by atoms with Crippen LogP contribution in [0.2, 0.25) is 0 Å². The van der Waals surface area contributed by atoms with Crippen LogP contribution in [0, 0.1) is 4.91 Å². The number of aliphatic hydroxyl groups is 2. The average Bonchev–Trinajstić information content (AvgIpc) is 3.28. The zero-order valence-electron chi connectivity index (χ0n) is 15.5. The third kappa shape index (κ3) is 3.94. The minimum Gasteiger partial charge on any atom is -0.387 e. The first-order valence-electron chi connectivity index (χ1n) is 8.82. The summed E-state index contributed by atoms with van der Waals surface area (Å²) in [6.45, 7) is 0. The highest BCUT2D eigenvalue weighted by Crippen LogP contribution is 2.39. The minimum absolute atomic E-state index is 0.0341. The maximum absolute atomic E-state index is 12.8. The van der Waals surface area contributed by atoms with Gasteiger partial charge in [0.2, 0.25) is 0 Å². The van der Waals surface area contributed by atoms with E-state index in [0.29, 0.717) is 17.2 Å². The van der Waals surface area contributed by atoms with Crippen LogP contribution in [0.5, 0.6) is 0 Å². The van der Waals surface area contributed by atoms with E-state index in [2.05, 4.69) is 20.1 Å². The number of nitroso groups, excluding NO2 is 1. The molecule has 0 saturated carbocycles. The molecule has 31 heavy (non-hydrogen) atoms. The summed E-state index contributed by atoms with van der Waals surface area (Å²) >= 11 is 0.972. The van der Waals surface area contributed by atoms with Gasteiger partial charge in [0.15, 0.2) is 17.7 Å². The third-order valence-electron chi connectivity index (χ3n) is 4.79. The molecule has 1 aliphatic heterocycles. The van der Waals surface area contributed by atoms with Crippen molar-refractivity contribution in [1.29, 1.82) is 0 Å². The van der Waals surface area contributed by atoms with Gasteiger partial charge in [0, 0.05) is 10.6 Å². The van der Waals surface area contributed by atoms with Crippen molar-refractivity contribution in [3.05, 3.63) is 41.3 Å². The smallest absolute Gasteiger partial charge is 0.387 e. The summed E-state index contributed by atoms with van der Waals surface area (Å²) in [5.41, 5.74) is 4.98. The van der Waals surface area contributed by atoms with Crippen molar-refractivity contribution >= 4 is 34.4 Å². The monoisotopic (exact) mass is 456 g/mol. The molecule has 1 aromatic carbocycles. The van der Waals surface area contributed by atoms with E-state index in [-0.39, 0.29) is 22.2 Å². The molecule has 4 rings (SSSR count). The Bertz CT molecular complexity index is 1130. The van der Waals surface area contributed by atoms with Crippen LogP contribution >= 0.6 is 11.8 Å². The number of imidazole rings is 1. The van der Waals surface area contributed by atoms with Gasteiger partial charge in [0.1, 0.15) is 29.7 Å². The van der Waals surface area contributed by atoms with Gasteiger partial charge in [-0.3, -0.25) is 4.57 Å². The summed E-state index contributed by atoms with van der Waals surface area (Å²) in [4.78, 5) is 23.2. The molecule has 0 bridgehead atoms. The molecule has 10 nitrogen and oxygen atoms in total. The van der Waals surface area contributed by atoms with Gasteiger partial charge in [-0.15, -0.1) is 16.7 Å². The lowest BCUT2D eigenvalue weighted by molar-refractivity contribution is -0.137. The topological polar surface area (TPSA) is 149 Å². The summed E-state index contributed by atoms with van der Waals surface area (Å²) in [5.74, 6) is 0.173. The quantitative estimate of drug-likeness (QED) is 0.388. The van der Waals surface area contributed by atoms with Crippen LogP contribution in [0.3, 0.4) is 0 Å². The number of fused-ring (bicyclic) bond motifs is 1. The van der Waals surface area contributed by atoms with Crippen molar-refractivity contribution in [3.8, 4) is 0 Å². The number of ether oxygens (including phenoxy) is 1. The van der Waals surface area contributed by atoms with Crippen molar-refractivity contribution in [2.45, 2.75) is 35.6 Å². The fraction of sp³-hybridized carbons (Fsp3) is 0.353. The number of hydrogen-bond donors (Lipinski definition) is 3. The number of halogens is 3. The van der Waals surface area contributed by atoms with Gasteiger partial charge in [-0.05, 0) is 23.4 Å². The van der Waals surface area contributed by atoms with Crippen LogP contribution in [0.1, 0.15) is 11.8 Å². The highest BCUT2D eigenvalue weighted by atomic mass is 32.2. The maximum atomic E-state index is 12.8. The second kappa shape index (κ2) is 8.03. The van der Waals surface area contributed by atoms with Gasteiger partial charge in [0.25, 0.3) is 0 Å². The van der Waals surface area contributed by atoms with Crippen LogP contribution in [0.4, 0.5) is 24.7 Å². The van der Waals surface area contributed by atoms with Crippen molar-refractivity contribution < 1.29 is 28.1 Å². The van der Waals surface area contributed by atoms with Gasteiger partial charge in [-0.1, -0.05) is 0 Å². The van der Waals surface area contributed by atoms with Gasteiger partial charge in [-0.25, -0.2) is 15.0 Å². The number of nitrogens with two attached hydrogens (primary N) is 1. The third-order valence-corrected chi connectivity index (χ3v) is 5.94. The van der Waals surface area contributed by atoms with Crippen LogP contribution < -0.4 is 5.73 Å². The largest absolute Gasteiger partial charge is 0.416 e. The second-order valence-corrected chi connectivity index (χ2v) is 7.77. The van der Waals surface area contributed by atoms with E-state index < -0.39 is 36.3 Å². The van der Waals surface area contributed by atoms with E-state index in [4.69, 9.17) is 10.5 Å². The van der Waals surface area contributed by atoms with E-state index in [1.54, 1.807) is 0 Å². The Hall–Kier alpha value is -2.81. The molecule has 1 saturated heterocycles. The van der Waals surface area contributed by atoms with Gasteiger partial charge in [-0.2, -0.15) is 13.2 Å². The molecule has 0 amide bonds. The van der Waals surface area contributed by atoms with Gasteiger partial charge < -0.3 is 20.7 Å². The van der Waals surface area contributed by atoms with Crippen LogP contribution in [0.25, 0.3) is 11.2 Å². The molecule has 2 aromatic heterocycles. The Balaban J connectivity index is 1.52. The summed E-state index contributed by atoms with van der Waals surface area (Å²) in [6, 6.07) is 2.62. The molecular weight excluding hydrogens is 441 g/mol. The number of alkyl halides is 3. The number of aromatic nitrogens is 4. The number of nitrogens with zero attached hydrogens (tertiary/aromatic N) is 5. The number of hydrogen-bond acceptors (Lipinski definition) is 10. The summed E-state index contributed by atoms with van der Waals surface area (Å²) in [7, 11) is 0. The first-order valence-corrected chi connectivity index (χ1v) is 9.81. The highest BCUT2D eigenvalue weighted by molar-refractivity contribution is 7.99. The second-order valence-electron chi connectivity index (χ2n) is 6.71. The lowest BCUT2D eigenvalue weighted by atomic mass is 10.1. The van der Waals surface area contributed by atoms with Crippen LogP contribution in [0.15, 0.2) is 40.9 Å². The SMILES string of the molecule is Nc1ncnc2c1ncn2[C@@H]1O[C@H](CSc2ccc(C(F)(F)F)cc2N=O)[C@@H](O)[C@H]1O. The van der Waals surface area contributed by atoms with Gasteiger partial charge in [0.05, 0.1) is 18.0 Å². The van der Waals surface area contributed by atoms with E-state index in [0.717, 1.165) is 23.9 Å². The molecule has 4 atom stereocenters. The highest BCUT2D eigenvalue weighted by Gasteiger charge is 2.44. The molecule has 1 aliphatic rings. The standard InChI is InChI=1S/C17H15F3N6O4S/c18-17(19,20)7-1-2-10(8(3-7)25-29)31-4-9-12(27)13(28)16(30-9)26-6-24-11-14(21)22-5-23-15(11)26/h1-3,5-6,9,12-13,16,27-28H,4H2,(H2,21,22,23)/t9-,12-,13-,16-/m1/s1. The fourth-order valence-corrected chi connectivity index (χ4v) is 4.24. The molecule has 0 radical (unpaired) electrons. The summed E-state index contributed by atoms with van der Waals surface area (Å²) < 4.78 is 45.6. The zero-order valence-corrected chi connectivity index (χ0v) is 16.3. The normalized spacial score (nSPS) is 24.0. The number of benzene rings is 1. The van der Waals surface area contributed by atoms with E-state index >= 15 is 0 Å². The Morgan fingerprint density at radius 1 is 1.23 bits per heavy atom. The van der Waals surface area contributed by atoms with Crippen molar-refractivity contribution in [3.63, 3.8) is 0 Å². The molecule has 0 aliphatic carbocycles. The molecular formula is C17H15F3N6O4S. The van der Waals surface area contributed by atoms with Crippen LogP contribution in [-0.2, 0) is 10.9 Å². The lowest BCUT2D eigenvalue weighted by Gasteiger charge is -2.16. The van der Waals surface area contributed by atoms with E-state index in [1.807, 2.05) is 0 Å². The minimum atomic E-state index is -4.61. The molecule has 3 heterocycles. The van der Waals surface area contributed by atoms with Crippen molar-refractivity contribution in [2.75, 3.05) is 11.5 Å². The lowest BCUT2D eigenvalue weighted by Crippen LogP contribution is -2.32. The number of rotatable bonds is 5. The van der Waals surface area contributed by atoms with E-state index in [1.165, 1.54) is 17.2 Å². The first-order chi connectivity index (χ1) is 14.7. The fourth-order valence-electron chi connectivity index (χ4n) is 3.21. The number of anilines is 1. The predicted molar refractivity (Wildman–Crippen MR) is 103 cm³/mol. The molecule has 0 unspecified atom stereocenters. The first kappa shape index (κ1) is 21.4. The number of thioether (sulfide) groups is 1. The predicted octanol–water partition coefficient (Wildman–Crippen LogP) is 2.24. The van der Waals surface area contributed by atoms with Crippen LogP contribution in [-0.4, -0.2) is 53.8 Å². The Morgan fingerprint density at radius 2 is 2.00 bits per heavy atom.